The minimum Gasteiger partial charge on any atom is -0.348 e. The molecule has 154 valence electrons. The molecule has 0 saturated carbocycles. The van der Waals surface area contributed by atoms with Crippen LogP contribution in [0.25, 0.3) is 0 Å². The lowest BCUT2D eigenvalue weighted by Gasteiger charge is -2.27. The smallest absolute Gasteiger partial charge is 0.251 e. The highest BCUT2D eigenvalue weighted by Gasteiger charge is 2.25. The van der Waals surface area contributed by atoms with Crippen molar-refractivity contribution >= 4 is 17.6 Å². The number of carbonyl (C=O) groups is 2. The molecule has 2 amide bonds. The van der Waals surface area contributed by atoms with Crippen LogP contribution in [0.5, 0.6) is 0 Å². The Morgan fingerprint density at radius 1 is 1.03 bits per heavy atom. The average molecular weight is 402 g/mol. The summed E-state index contributed by atoms with van der Waals surface area (Å²) in [7, 11) is 0. The molecule has 1 aromatic heterocycles. The van der Waals surface area contributed by atoms with Crippen molar-refractivity contribution in [2.24, 2.45) is 0 Å². The topological polar surface area (TPSA) is 67.2 Å². The van der Waals surface area contributed by atoms with Gasteiger partial charge in [0.2, 0.25) is 5.91 Å². The normalized spacial score (nSPS) is 13.3. The van der Waals surface area contributed by atoms with Crippen molar-refractivity contribution in [3.05, 3.63) is 82.5 Å². The predicted molar refractivity (Wildman–Crippen MR) is 116 cm³/mol. The number of anilines is 1. The molecule has 2 aromatic carbocycles. The molecule has 1 N–H and O–H groups in total. The molecular formula is C24H26N4O2. The fourth-order valence-electron chi connectivity index (χ4n) is 3.67. The molecule has 0 atom stereocenters. The first-order valence-electron chi connectivity index (χ1n) is 10.3. The molecule has 6 nitrogen and oxygen atoms in total. The number of nitrogens with zero attached hydrogens (tertiary/aromatic N) is 3. The molecule has 1 aliphatic rings. The van der Waals surface area contributed by atoms with Gasteiger partial charge in [0, 0.05) is 24.6 Å². The summed E-state index contributed by atoms with van der Waals surface area (Å²) in [6.45, 7) is 5.64. The number of aryl methyl sites for hydroxylation is 3. The number of hydrogen-bond acceptors (Lipinski definition) is 3. The average Bonchev–Trinajstić information content (AvgIpc) is 3.15. The number of fused-ring (bicyclic) bond motifs is 1. The van der Waals surface area contributed by atoms with E-state index in [9.17, 15) is 9.59 Å². The summed E-state index contributed by atoms with van der Waals surface area (Å²) in [6, 6.07) is 17.6. The molecule has 0 radical (unpaired) electrons. The number of nitrogens with one attached hydrogen (secondary N) is 1. The van der Waals surface area contributed by atoms with E-state index < -0.39 is 0 Å². The van der Waals surface area contributed by atoms with Gasteiger partial charge in [0.25, 0.3) is 5.91 Å². The van der Waals surface area contributed by atoms with E-state index in [1.807, 2.05) is 54.1 Å². The first-order chi connectivity index (χ1) is 14.5. The van der Waals surface area contributed by atoms with Crippen LogP contribution < -0.4 is 10.2 Å². The molecule has 0 spiro atoms. The Balaban J connectivity index is 1.39. The van der Waals surface area contributed by atoms with Gasteiger partial charge in [-0.1, -0.05) is 43.3 Å². The van der Waals surface area contributed by atoms with E-state index in [1.165, 1.54) is 5.56 Å². The minimum absolute atomic E-state index is 0.0957. The van der Waals surface area contributed by atoms with Crippen molar-refractivity contribution < 1.29 is 9.59 Å². The molecule has 3 aromatic rings. The van der Waals surface area contributed by atoms with Crippen LogP contribution in [0.2, 0.25) is 0 Å². The highest BCUT2D eigenvalue weighted by Crippen LogP contribution is 2.24. The summed E-state index contributed by atoms with van der Waals surface area (Å²) in [5.74, 6) is 0.821. The fourth-order valence-corrected chi connectivity index (χ4v) is 3.67. The van der Waals surface area contributed by atoms with Gasteiger partial charge in [0.05, 0.1) is 18.8 Å². The molecular weight excluding hydrogens is 376 g/mol. The van der Waals surface area contributed by atoms with Gasteiger partial charge in [-0.25, -0.2) is 4.68 Å². The number of carbonyl (C=O) groups excluding carboxylic acids is 2. The van der Waals surface area contributed by atoms with Crippen LogP contribution in [0.15, 0.2) is 54.6 Å². The summed E-state index contributed by atoms with van der Waals surface area (Å²) in [4.78, 5) is 26.7. The zero-order valence-corrected chi connectivity index (χ0v) is 17.4. The summed E-state index contributed by atoms with van der Waals surface area (Å²) in [5, 5.41) is 7.40. The lowest BCUT2D eigenvalue weighted by Crippen LogP contribution is -2.36. The number of hydrogen-bond donors (Lipinski definition) is 1. The molecule has 0 unspecified atom stereocenters. The first kappa shape index (κ1) is 19.9. The Kier molecular flexibility index (Phi) is 5.65. The zero-order chi connectivity index (χ0) is 21.1. The standard InChI is InChI=1S/C24H26N4O2/c1-3-18-4-6-19(7-5-18)15-25-24(30)21-10-8-20(9-11-21)16-27-22-14-17(2)26-28(22)13-12-23(27)29/h4-11,14H,3,12-13,15-16H2,1-2H3,(H,25,30). The molecule has 0 bridgehead atoms. The van der Waals surface area contributed by atoms with Crippen LogP contribution in [0, 0.1) is 6.92 Å². The second-order valence-electron chi connectivity index (χ2n) is 7.65. The van der Waals surface area contributed by atoms with Gasteiger partial charge in [0.1, 0.15) is 5.82 Å². The van der Waals surface area contributed by atoms with Crippen molar-refractivity contribution in [3.8, 4) is 0 Å². The Labute approximate surface area is 176 Å². The molecule has 0 saturated heterocycles. The monoisotopic (exact) mass is 402 g/mol. The van der Waals surface area contributed by atoms with Gasteiger partial charge in [0.15, 0.2) is 0 Å². The maximum absolute atomic E-state index is 12.5. The van der Waals surface area contributed by atoms with Crippen LogP contribution in [-0.4, -0.2) is 21.6 Å². The van der Waals surface area contributed by atoms with E-state index in [2.05, 4.69) is 29.5 Å². The molecule has 30 heavy (non-hydrogen) atoms. The Morgan fingerprint density at radius 2 is 1.70 bits per heavy atom. The van der Waals surface area contributed by atoms with Crippen molar-refractivity contribution in [2.45, 2.75) is 46.3 Å². The predicted octanol–water partition coefficient (Wildman–Crippen LogP) is 3.62. The van der Waals surface area contributed by atoms with Crippen molar-refractivity contribution in [2.75, 3.05) is 4.90 Å². The number of benzene rings is 2. The largest absolute Gasteiger partial charge is 0.348 e. The lowest BCUT2D eigenvalue weighted by atomic mass is 10.1. The van der Waals surface area contributed by atoms with Crippen LogP contribution in [0.1, 0.15) is 46.1 Å². The minimum atomic E-state index is -0.108. The van der Waals surface area contributed by atoms with E-state index in [4.69, 9.17) is 0 Å². The van der Waals surface area contributed by atoms with Crippen LogP contribution in [-0.2, 0) is 30.8 Å². The van der Waals surface area contributed by atoms with Crippen molar-refractivity contribution in [1.29, 1.82) is 0 Å². The summed E-state index contributed by atoms with van der Waals surface area (Å²) in [6.07, 6.45) is 1.46. The first-order valence-corrected chi connectivity index (χ1v) is 10.3. The lowest BCUT2D eigenvalue weighted by molar-refractivity contribution is -0.119. The van der Waals surface area contributed by atoms with E-state index in [1.54, 1.807) is 4.90 Å². The Hall–Kier alpha value is -3.41. The maximum Gasteiger partial charge on any atom is 0.251 e. The van der Waals surface area contributed by atoms with E-state index in [-0.39, 0.29) is 11.8 Å². The van der Waals surface area contributed by atoms with E-state index >= 15 is 0 Å². The van der Waals surface area contributed by atoms with Gasteiger partial charge >= 0.3 is 0 Å². The second kappa shape index (κ2) is 8.53. The SMILES string of the molecule is CCc1ccc(CNC(=O)c2ccc(CN3C(=O)CCn4nc(C)cc43)cc2)cc1. The van der Waals surface area contributed by atoms with Gasteiger partial charge in [-0.15, -0.1) is 0 Å². The van der Waals surface area contributed by atoms with Gasteiger partial charge in [-0.2, -0.15) is 5.10 Å². The summed E-state index contributed by atoms with van der Waals surface area (Å²) < 4.78 is 1.88. The molecule has 4 rings (SSSR count). The number of amides is 2. The summed E-state index contributed by atoms with van der Waals surface area (Å²) in [5.41, 5.74) is 4.84. The number of aromatic nitrogens is 2. The summed E-state index contributed by atoms with van der Waals surface area (Å²) >= 11 is 0. The third-order valence-corrected chi connectivity index (χ3v) is 5.44. The van der Waals surface area contributed by atoms with E-state index in [0.29, 0.717) is 31.6 Å². The van der Waals surface area contributed by atoms with Crippen molar-refractivity contribution in [3.63, 3.8) is 0 Å². The third-order valence-electron chi connectivity index (χ3n) is 5.44. The van der Waals surface area contributed by atoms with E-state index in [0.717, 1.165) is 29.1 Å². The van der Waals surface area contributed by atoms with Crippen LogP contribution >= 0.6 is 0 Å². The highest BCUT2D eigenvalue weighted by molar-refractivity contribution is 5.95. The molecule has 2 heterocycles. The molecule has 0 fully saturated rings. The quantitative estimate of drug-likeness (QED) is 0.685. The third kappa shape index (κ3) is 4.27. The van der Waals surface area contributed by atoms with Crippen LogP contribution in [0.4, 0.5) is 5.82 Å². The maximum atomic E-state index is 12.5. The molecule has 0 aliphatic carbocycles. The van der Waals surface area contributed by atoms with Crippen LogP contribution in [0.3, 0.4) is 0 Å². The zero-order valence-electron chi connectivity index (χ0n) is 17.4. The number of rotatable bonds is 6. The van der Waals surface area contributed by atoms with Crippen molar-refractivity contribution in [1.82, 2.24) is 15.1 Å². The van der Waals surface area contributed by atoms with Gasteiger partial charge < -0.3 is 5.32 Å². The van der Waals surface area contributed by atoms with Gasteiger partial charge in [-0.05, 0) is 42.2 Å². The highest BCUT2D eigenvalue weighted by atomic mass is 16.2. The molecule has 1 aliphatic heterocycles. The Morgan fingerprint density at radius 3 is 2.40 bits per heavy atom. The Bertz CT molecular complexity index is 1050. The fraction of sp³-hybridized carbons (Fsp3) is 0.292. The van der Waals surface area contributed by atoms with Gasteiger partial charge in [-0.3, -0.25) is 14.5 Å². The molecule has 6 heteroatoms. The second-order valence-corrected chi connectivity index (χ2v) is 7.65.